The van der Waals surface area contributed by atoms with E-state index in [1.807, 2.05) is 0 Å². The Morgan fingerprint density at radius 1 is 1.50 bits per heavy atom. The van der Waals surface area contributed by atoms with Crippen LogP contribution >= 0.6 is 11.3 Å². The lowest BCUT2D eigenvalue weighted by atomic mass is 10.2. The third-order valence-corrected chi connectivity index (χ3v) is 4.14. The van der Waals surface area contributed by atoms with Crippen LogP contribution < -0.4 is 5.73 Å². The Morgan fingerprint density at radius 2 is 2.18 bits per heavy atom. The molecule has 0 spiro atoms. The number of halogens is 3. The first-order valence-electron chi connectivity index (χ1n) is 6.26. The van der Waals surface area contributed by atoms with Gasteiger partial charge in [-0.15, -0.1) is 11.3 Å². The van der Waals surface area contributed by atoms with Crippen molar-refractivity contribution in [3.8, 4) is 10.6 Å². The van der Waals surface area contributed by atoms with E-state index in [9.17, 15) is 18.0 Å². The SMILES string of the molecule is COC(=O)C(N)Cc1ccc(-c2cc(C(F)(F)F)nn2C)s1. The van der Waals surface area contributed by atoms with Gasteiger partial charge >= 0.3 is 12.1 Å². The highest BCUT2D eigenvalue weighted by molar-refractivity contribution is 7.15. The van der Waals surface area contributed by atoms with E-state index in [1.165, 1.54) is 30.2 Å². The number of carbonyl (C=O) groups is 1. The zero-order valence-corrected chi connectivity index (χ0v) is 12.7. The monoisotopic (exact) mass is 333 g/mol. The molecule has 22 heavy (non-hydrogen) atoms. The summed E-state index contributed by atoms with van der Waals surface area (Å²) < 4.78 is 43.7. The highest BCUT2D eigenvalue weighted by Gasteiger charge is 2.34. The summed E-state index contributed by atoms with van der Waals surface area (Å²) in [6.45, 7) is 0. The van der Waals surface area contributed by atoms with Crippen LogP contribution in [0.2, 0.25) is 0 Å². The van der Waals surface area contributed by atoms with Crippen LogP contribution in [0.25, 0.3) is 10.6 Å². The molecular formula is C13H14F3N3O2S. The molecule has 2 heterocycles. The molecule has 2 aromatic heterocycles. The molecule has 0 bridgehead atoms. The minimum Gasteiger partial charge on any atom is -0.468 e. The lowest BCUT2D eigenvalue weighted by molar-refractivity contribution is -0.142. The van der Waals surface area contributed by atoms with Crippen LogP contribution in [0.3, 0.4) is 0 Å². The van der Waals surface area contributed by atoms with Crippen molar-refractivity contribution in [1.82, 2.24) is 9.78 Å². The van der Waals surface area contributed by atoms with Gasteiger partial charge in [0.15, 0.2) is 5.69 Å². The second-order valence-corrected chi connectivity index (χ2v) is 5.80. The Morgan fingerprint density at radius 3 is 2.73 bits per heavy atom. The van der Waals surface area contributed by atoms with Crippen LogP contribution in [0.5, 0.6) is 0 Å². The summed E-state index contributed by atoms with van der Waals surface area (Å²) in [4.78, 5) is 12.7. The van der Waals surface area contributed by atoms with Gasteiger partial charge in [-0.25, -0.2) is 0 Å². The summed E-state index contributed by atoms with van der Waals surface area (Å²) in [7, 11) is 2.69. The molecule has 0 saturated carbocycles. The van der Waals surface area contributed by atoms with E-state index in [0.29, 0.717) is 10.6 Å². The van der Waals surface area contributed by atoms with E-state index in [-0.39, 0.29) is 6.42 Å². The van der Waals surface area contributed by atoms with Crippen molar-refractivity contribution in [3.05, 3.63) is 28.8 Å². The minimum absolute atomic E-state index is 0.265. The van der Waals surface area contributed by atoms with Gasteiger partial charge in [0.05, 0.1) is 17.7 Å². The van der Waals surface area contributed by atoms with Crippen molar-refractivity contribution < 1.29 is 22.7 Å². The summed E-state index contributed by atoms with van der Waals surface area (Å²) in [5.41, 5.74) is 5.08. The Bertz CT molecular complexity index is 678. The maximum absolute atomic E-state index is 12.7. The third kappa shape index (κ3) is 3.47. The number of ether oxygens (including phenoxy) is 1. The van der Waals surface area contributed by atoms with Crippen molar-refractivity contribution in [3.63, 3.8) is 0 Å². The third-order valence-electron chi connectivity index (χ3n) is 3.01. The van der Waals surface area contributed by atoms with Gasteiger partial charge in [0.2, 0.25) is 0 Å². The Labute approximate surface area is 128 Å². The number of alkyl halides is 3. The van der Waals surface area contributed by atoms with Gasteiger partial charge in [0, 0.05) is 18.3 Å². The van der Waals surface area contributed by atoms with E-state index in [2.05, 4.69) is 9.84 Å². The van der Waals surface area contributed by atoms with Gasteiger partial charge in [0.25, 0.3) is 0 Å². The molecule has 0 aromatic carbocycles. The molecular weight excluding hydrogens is 319 g/mol. The molecule has 5 nitrogen and oxygen atoms in total. The van der Waals surface area contributed by atoms with E-state index in [4.69, 9.17) is 5.73 Å². The average Bonchev–Trinajstić information content (AvgIpc) is 3.03. The number of carbonyl (C=O) groups excluding carboxylic acids is 1. The number of hydrogen-bond donors (Lipinski definition) is 1. The molecule has 0 saturated heterocycles. The molecule has 2 aromatic rings. The average molecular weight is 333 g/mol. The van der Waals surface area contributed by atoms with Gasteiger partial charge in [-0.05, 0) is 18.2 Å². The van der Waals surface area contributed by atoms with E-state index in [1.54, 1.807) is 12.1 Å². The predicted octanol–water partition coefficient (Wildman–Crippen LogP) is 2.21. The number of nitrogens with zero attached hydrogens (tertiary/aromatic N) is 2. The van der Waals surface area contributed by atoms with Crippen LogP contribution in [0.15, 0.2) is 18.2 Å². The Kier molecular flexibility index (Phi) is 4.57. The normalized spacial score (nSPS) is 13.2. The molecule has 0 aliphatic heterocycles. The van der Waals surface area contributed by atoms with Crippen LogP contribution in [0.1, 0.15) is 10.6 Å². The van der Waals surface area contributed by atoms with E-state index >= 15 is 0 Å². The topological polar surface area (TPSA) is 70.1 Å². The molecule has 0 radical (unpaired) electrons. The van der Waals surface area contributed by atoms with E-state index in [0.717, 1.165) is 10.9 Å². The zero-order chi connectivity index (χ0) is 16.5. The molecule has 0 aliphatic carbocycles. The lowest BCUT2D eigenvalue weighted by Crippen LogP contribution is -2.33. The van der Waals surface area contributed by atoms with Crippen molar-refractivity contribution >= 4 is 17.3 Å². The molecule has 0 amide bonds. The first-order chi connectivity index (χ1) is 10.2. The summed E-state index contributed by atoms with van der Waals surface area (Å²) in [5.74, 6) is -0.533. The fourth-order valence-corrected chi connectivity index (χ4v) is 3.03. The van der Waals surface area contributed by atoms with Crippen molar-refractivity contribution in [1.29, 1.82) is 0 Å². The molecule has 0 fully saturated rings. The van der Waals surface area contributed by atoms with E-state index < -0.39 is 23.9 Å². The van der Waals surface area contributed by atoms with Gasteiger partial charge in [-0.3, -0.25) is 9.48 Å². The van der Waals surface area contributed by atoms with Crippen molar-refractivity contribution in [2.75, 3.05) is 7.11 Å². The van der Waals surface area contributed by atoms with Gasteiger partial charge in [-0.1, -0.05) is 0 Å². The van der Waals surface area contributed by atoms with Gasteiger partial charge in [-0.2, -0.15) is 18.3 Å². The largest absolute Gasteiger partial charge is 0.468 e. The van der Waals surface area contributed by atoms with Crippen LogP contribution in [0, 0.1) is 0 Å². The number of esters is 1. The van der Waals surface area contributed by atoms with Crippen LogP contribution in [-0.2, 0) is 29.2 Å². The summed E-state index contributed by atoms with van der Waals surface area (Å²) in [6, 6.07) is 3.61. The highest BCUT2D eigenvalue weighted by atomic mass is 32.1. The zero-order valence-electron chi connectivity index (χ0n) is 11.8. The maximum atomic E-state index is 12.7. The molecule has 2 rings (SSSR count). The number of hydrogen-bond acceptors (Lipinski definition) is 5. The highest BCUT2D eigenvalue weighted by Crippen LogP contribution is 2.34. The lowest BCUT2D eigenvalue weighted by Gasteiger charge is -2.06. The first kappa shape index (κ1) is 16.5. The number of aryl methyl sites for hydroxylation is 1. The molecule has 1 atom stereocenters. The van der Waals surface area contributed by atoms with Gasteiger partial charge < -0.3 is 10.5 Å². The quantitative estimate of drug-likeness (QED) is 0.871. The number of nitrogens with two attached hydrogens (primary N) is 1. The molecule has 0 aliphatic rings. The van der Waals surface area contributed by atoms with Gasteiger partial charge in [0.1, 0.15) is 6.04 Å². The predicted molar refractivity (Wildman–Crippen MR) is 75.2 cm³/mol. The summed E-state index contributed by atoms with van der Waals surface area (Å²) >= 11 is 1.26. The van der Waals surface area contributed by atoms with Crippen molar-refractivity contribution in [2.24, 2.45) is 12.8 Å². The Balaban J connectivity index is 2.22. The number of aromatic nitrogens is 2. The molecule has 9 heteroatoms. The molecule has 1 unspecified atom stereocenters. The molecule has 120 valence electrons. The molecule has 2 N–H and O–H groups in total. The fourth-order valence-electron chi connectivity index (χ4n) is 1.91. The van der Waals surface area contributed by atoms with Crippen molar-refractivity contribution in [2.45, 2.75) is 18.6 Å². The Hall–Kier alpha value is -1.87. The second kappa shape index (κ2) is 6.09. The minimum atomic E-state index is -4.48. The summed E-state index contributed by atoms with van der Waals surface area (Å²) in [6.07, 6.45) is -4.22. The fraction of sp³-hybridized carbons (Fsp3) is 0.385. The summed E-state index contributed by atoms with van der Waals surface area (Å²) in [5, 5.41) is 3.47. The standard InChI is InChI=1S/C13H14F3N3O2S/c1-19-9(6-11(18-19)13(14,15)16)10-4-3-7(22-10)5-8(17)12(20)21-2/h3-4,6,8H,5,17H2,1-2H3. The van der Waals surface area contributed by atoms with Crippen LogP contribution in [0.4, 0.5) is 13.2 Å². The maximum Gasteiger partial charge on any atom is 0.435 e. The number of methoxy groups -OCH3 is 1. The smallest absolute Gasteiger partial charge is 0.435 e. The second-order valence-electron chi connectivity index (χ2n) is 4.64. The number of thiophene rings is 1. The van der Waals surface area contributed by atoms with Crippen LogP contribution in [-0.4, -0.2) is 28.9 Å². The first-order valence-corrected chi connectivity index (χ1v) is 7.07. The number of rotatable bonds is 4.